The van der Waals surface area contributed by atoms with Crippen LogP contribution in [0.2, 0.25) is 5.02 Å². The van der Waals surface area contributed by atoms with Crippen LogP contribution in [0.1, 0.15) is 11.4 Å². The van der Waals surface area contributed by atoms with Gasteiger partial charge in [-0.3, -0.25) is 4.31 Å². The molecule has 0 aliphatic heterocycles. The van der Waals surface area contributed by atoms with E-state index in [4.69, 9.17) is 11.6 Å². The van der Waals surface area contributed by atoms with E-state index in [-0.39, 0.29) is 0 Å². The van der Waals surface area contributed by atoms with E-state index in [9.17, 15) is 0 Å². The van der Waals surface area contributed by atoms with Crippen molar-refractivity contribution < 1.29 is 0 Å². The van der Waals surface area contributed by atoms with Crippen molar-refractivity contribution in [2.45, 2.75) is 18.7 Å². The molecule has 1 heterocycles. The molecule has 2 rings (SSSR count). The Bertz CT molecular complexity index is 522. The van der Waals surface area contributed by atoms with Crippen molar-refractivity contribution in [2.75, 3.05) is 11.4 Å². The highest BCUT2D eigenvalue weighted by Gasteiger charge is 2.07. The van der Waals surface area contributed by atoms with E-state index in [0.717, 1.165) is 21.3 Å². The number of rotatable bonds is 3. The summed E-state index contributed by atoms with van der Waals surface area (Å²) in [6.07, 6.45) is 0. The first-order valence-corrected chi connectivity index (χ1v) is 6.69. The average Bonchev–Trinajstić information content (AvgIpc) is 2.31. The Balaban J connectivity index is 2.16. The van der Waals surface area contributed by atoms with Gasteiger partial charge in [0.15, 0.2) is 0 Å². The Morgan fingerprint density at radius 1 is 1.06 bits per heavy atom. The number of anilines is 1. The lowest BCUT2D eigenvalue weighted by Crippen LogP contribution is -2.11. The first-order chi connectivity index (χ1) is 8.54. The van der Waals surface area contributed by atoms with Gasteiger partial charge >= 0.3 is 0 Å². The summed E-state index contributed by atoms with van der Waals surface area (Å²) in [4.78, 5) is 9.93. The topological polar surface area (TPSA) is 29.0 Å². The van der Waals surface area contributed by atoms with Gasteiger partial charge in [-0.15, -0.1) is 0 Å². The van der Waals surface area contributed by atoms with Crippen molar-refractivity contribution in [1.29, 1.82) is 0 Å². The Labute approximate surface area is 116 Å². The summed E-state index contributed by atoms with van der Waals surface area (Å²) in [5.74, 6) is 0.715. The molecule has 0 fully saturated rings. The molecule has 0 radical (unpaired) electrons. The van der Waals surface area contributed by atoms with Crippen LogP contribution in [0.5, 0.6) is 0 Å². The minimum atomic E-state index is 0.715. The molecule has 0 saturated carbocycles. The highest BCUT2D eigenvalue weighted by atomic mass is 35.5. The molecule has 1 aromatic heterocycles. The molecule has 5 heteroatoms. The normalized spacial score (nSPS) is 10.4. The van der Waals surface area contributed by atoms with Gasteiger partial charge in [-0.2, -0.15) is 0 Å². The number of halogens is 1. The van der Waals surface area contributed by atoms with Gasteiger partial charge in [0.25, 0.3) is 0 Å². The molecular weight excluding hydrogens is 266 g/mol. The fourth-order valence-electron chi connectivity index (χ4n) is 1.54. The largest absolute Gasteiger partial charge is 0.283 e. The zero-order valence-electron chi connectivity index (χ0n) is 10.5. The number of hydrogen-bond donors (Lipinski definition) is 0. The Hall–Kier alpha value is -1.26. The van der Waals surface area contributed by atoms with Crippen molar-refractivity contribution in [3.8, 4) is 0 Å². The molecule has 3 nitrogen and oxygen atoms in total. The number of hydrogen-bond acceptors (Lipinski definition) is 4. The summed E-state index contributed by atoms with van der Waals surface area (Å²) in [7, 11) is 1.95. The first kappa shape index (κ1) is 13.2. The quantitative estimate of drug-likeness (QED) is 0.797. The summed E-state index contributed by atoms with van der Waals surface area (Å²) in [5, 5.41) is 0.740. The predicted octanol–water partition coefficient (Wildman–Crippen LogP) is 3.89. The number of aryl methyl sites for hydroxylation is 2. The molecule has 1 aromatic carbocycles. The molecule has 0 saturated heterocycles. The lowest BCUT2D eigenvalue weighted by atomic mass is 10.4. The average molecular weight is 280 g/mol. The van der Waals surface area contributed by atoms with Crippen LogP contribution >= 0.6 is 23.5 Å². The second-order valence-corrected chi connectivity index (χ2v) is 5.63. The molecule has 94 valence electrons. The van der Waals surface area contributed by atoms with E-state index in [1.54, 1.807) is 11.9 Å². The third-order valence-electron chi connectivity index (χ3n) is 2.31. The third-order valence-corrected chi connectivity index (χ3v) is 3.48. The van der Waals surface area contributed by atoms with Crippen LogP contribution in [0.4, 0.5) is 5.95 Å². The predicted molar refractivity (Wildman–Crippen MR) is 77.2 cm³/mol. The van der Waals surface area contributed by atoms with Gasteiger partial charge in [-0.25, -0.2) is 9.97 Å². The second kappa shape index (κ2) is 5.59. The maximum absolute atomic E-state index is 5.86. The van der Waals surface area contributed by atoms with Gasteiger partial charge in [0, 0.05) is 28.4 Å². The van der Waals surface area contributed by atoms with Crippen molar-refractivity contribution >= 4 is 29.5 Å². The first-order valence-electron chi connectivity index (χ1n) is 5.54. The number of benzene rings is 1. The number of nitrogens with zero attached hydrogens (tertiary/aromatic N) is 3. The van der Waals surface area contributed by atoms with Crippen molar-refractivity contribution in [3.63, 3.8) is 0 Å². The Morgan fingerprint density at radius 3 is 2.17 bits per heavy atom. The fourth-order valence-corrected chi connectivity index (χ4v) is 2.41. The summed E-state index contributed by atoms with van der Waals surface area (Å²) in [6, 6.07) is 9.67. The fraction of sp³-hybridized carbons (Fsp3) is 0.231. The maximum Gasteiger partial charge on any atom is 0.235 e. The highest BCUT2D eigenvalue weighted by molar-refractivity contribution is 8.00. The van der Waals surface area contributed by atoms with Crippen molar-refractivity contribution in [2.24, 2.45) is 0 Å². The van der Waals surface area contributed by atoms with Gasteiger partial charge < -0.3 is 0 Å². The highest BCUT2D eigenvalue weighted by Crippen LogP contribution is 2.26. The van der Waals surface area contributed by atoms with Crippen LogP contribution in [0.25, 0.3) is 0 Å². The van der Waals surface area contributed by atoms with Crippen molar-refractivity contribution in [3.05, 3.63) is 46.7 Å². The summed E-state index contributed by atoms with van der Waals surface area (Å²) in [5.41, 5.74) is 1.95. The summed E-state index contributed by atoms with van der Waals surface area (Å²) >= 11 is 7.43. The number of aromatic nitrogens is 2. The second-order valence-electron chi connectivity index (χ2n) is 3.99. The molecule has 0 unspecified atom stereocenters. The molecule has 0 aliphatic rings. The van der Waals surface area contributed by atoms with Gasteiger partial charge in [-0.05, 0) is 56.1 Å². The molecule has 0 spiro atoms. The lowest BCUT2D eigenvalue weighted by Gasteiger charge is -2.16. The van der Waals surface area contributed by atoms with E-state index < -0.39 is 0 Å². The molecule has 2 aromatic rings. The maximum atomic E-state index is 5.86. The molecule has 0 aliphatic carbocycles. The van der Waals surface area contributed by atoms with Crippen LogP contribution in [-0.4, -0.2) is 17.0 Å². The van der Waals surface area contributed by atoms with Crippen LogP contribution < -0.4 is 4.31 Å². The molecular formula is C13H14ClN3S. The molecule has 18 heavy (non-hydrogen) atoms. The van der Waals surface area contributed by atoms with Crippen LogP contribution in [0, 0.1) is 13.8 Å². The smallest absolute Gasteiger partial charge is 0.235 e. The SMILES string of the molecule is Cc1cc(C)nc(N(C)Sc2ccc(Cl)cc2)n1. The van der Waals surface area contributed by atoms with E-state index in [1.807, 2.05) is 55.5 Å². The Morgan fingerprint density at radius 2 is 1.61 bits per heavy atom. The molecule has 0 amide bonds. The van der Waals surface area contributed by atoms with Gasteiger partial charge in [-0.1, -0.05) is 11.6 Å². The molecule has 0 atom stereocenters. The van der Waals surface area contributed by atoms with Crippen LogP contribution in [-0.2, 0) is 0 Å². The monoisotopic (exact) mass is 279 g/mol. The molecule has 0 bridgehead atoms. The minimum Gasteiger partial charge on any atom is -0.283 e. The van der Waals surface area contributed by atoms with E-state index in [2.05, 4.69) is 9.97 Å². The lowest BCUT2D eigenvalue weighted by molar-refractivity contribution is 1.02. The van der Waals surface area contributed by atoms with E-state index >= 15 is 0 Å². The zero-order valence-corrected chi connectivity index (χ0v) is 12.1. The summed E-state index contributed by atoms with van der Waals surface area (Å²) in [6.45, 7) is 3.94. The van der Waals surface area contributed by atoms with Gasteiger partial charge in [0.05, 0.1) is 0 Å². The van der Waals surface area contributed by atoms with Crippen molar-refractivity contribution in [1.82, 2.24) is 9.97 Å². The van der Waals surface area contributed by atoms with E-state index in [1.165, 1.54) is 0 Å². The third kappa shape index (κ3) is 3.37. The zero-order chi connectivity index (χ0) is 13.1. The summed E-state index contributed by atoms with van der Waals surface area (Å²) < 4.78 is 1.95. The molecule has 0 N–H and O–H groups in total. The van der Waals surface area contributed by atoms with Gasteiger partial charge in [0.1, 0.15) is 0 Å². The standard InChI is InChI=1S/C13H14ClN3S/c1-9-8-10(2)16-13(15-9)17(3)18-12-6-4-11(14)5-7-12/h4-8H,1-3H3. The van der Waals surface area contributed by atoms with E-state index in [0.29, 0.717) is 5.95 Å². The minimum absolute atomic E-state index is 0.715. The van der Waals surface area contributed by atoms with Gasteiger partial charge in [0.2, 0.25) is 5.95 Å². The van der Waals surface area contributed by atoms with Crippen LogP contribution in [0.15, 0.2) is 35.2 Å². The van der Waals surface area contributed by atoms with Crippen LogP contribution in [0.3, 0.4) is 0 Å². The Kier molecular flexibility index (Phi) is 4.09.